The molecule has 0 aromatic carbocycles. The summed E-state index contributed by atoms with van der Waals surface area (Å²) < 4.78 is 9.83. The molecule has 14 heavy (non-hydrogen) atoms. The van der Waals surface area contributed by atoms with E-state index in [4.69, 9.17) is 9.47 Å². The van der Waals surface area contributed by atoms with Crippen LogP contribution in [0.2, 0.25) is 0 Å². The first-order chi connectivity index (χ1) is 6.65. The van der Waals surface area contributed by atoms with Crippen LogP contribution in [-0.2, 0) is 14.3 Å². The number of carbonyl (C=O) groups excluding carboxylic acids is 1. The summed E-state index contributed by atoms with van der Waals surface area (Å²) in [5, 5.41) is 19.5. The molecule has 2 N–H and O–H groups in total. The largest absolute Gasteiger partial charge is 0.457 e. The lowest BCUT2D eigenvalue weighted by Crippen LogP contribution is -2.40. The van der Waals surface area contributed by atoms with Crippen molar-refractivity contribution in [3.63, 3.8) is 0 Å². The third-order valence-electron chi connectivity index (χ3n) is 3.13. The zero-order chi connectivity index (χ0) is 10.3. The Balaban J connectivity index is 2.18. The molecule has 1 heterocycles. The van der Waals surface area contributed by atoms with Gasteiger partial charge in [-0.3, -0.25) is 4.79 Å². The average Bonchev–Trinajstić information content (AvgIpc) is 2.32. The highest BCUT2D eigenvalue weighted by Crippen LogP contribution is 2.40. The highest BCUT2D eigenvalue weighted by Gasteiger charge is 2.55. The number of ether oxygens (including phenoxy) is 2. The molecule has 0 radical (unpaired) electrons. The van der Waals surface area contributed by atoms with E-state index < -0.39 is 18.3 Å². The van der Waals surface area contributed by atoms with Crippen molar-refractivity contribution in [2.45, 2.75) is 24.7 Å². The first-order valence-electron chi connectivity index (χ1n) is 4.69. The minimum Gasteiger partial charge on any atom is -0.457 e. The highest BCUT2D eigenvalue weighted by atomic mass is 16.6. The Morgan fingerprint density at radius 3 is 2.86 bits per heavy atom. The van der Waals surface area contributed by atoms with Crippen molar-refractivity contribution in [2.75, 3.05) is 13.7 Å². The Hall–Kier alpha value is -0.650. The summed E-state index contributed by atoms with van der Waals surface area (Å²) in [5.74, 6) is -0.773. The number of esters is 1. The van der Waals surface area contributed by atoms with Gasteiger partial charge in [0.25, 0.3) is 0 Å². The molecule has 1 saturated carbocycles. The normalized spacial score (nSPS) is 46.5. The topological polar surface area (TPSA) is 76.0 Å². The van der Waals surface area contributed by atoms with Crippen LogP contribution in [0.5, 0.6) is 0 Å². The van der Waals surface area contributed by atoms with E-state index in [1.165, 1.54) is 7.11 Å². The van der Waals surface area contributed by atoms with E-state index >= 15 is 0 Å². The third-order valence-corrected chi connectivity index (χ3v) is 3.13. The van der Waals surface area contributed by atoms with Crippen molar-refractivity contribution >= 4 is 5.97 Å². The molecule has 2 rings (SSSR count). The number of hydrogen-bond donors (Lipinski definition) is 2. The molecule has 0 aromatic heterocycles. The van der Waals surface area contributed by atoms with Crippen molar-refractivity contribution in [3.05, 3.63) is 0 Å². The summed E-state index contributed by atoms with van der Waals surface area (Å²) in [4.78, 5) is 11.1. The molecule has 5 nitrogen and oxygen atoms in total. The van der Waals surface area contributed by atoms with E-state index in [1.54, 1.807) is 0 Å². The standard InChI is InChI=1S/C9H14O5/c1-13-3-5-4-2-6(10)14-9(7(4)11)8(5)12/h4-5,7-9,11-12H,2-3H2,1H3/t4-,5+,7+,8+,9?/m1/s1. The Labute approximate surface area is 81.6 Å². The van der Waals surface area contributed by atoms with Gasteiger partial charge in [-0.15, -0.1) is 0 Å². The molecule has 1 aliphatic heterocycles. The minimum atomic E-state index is -0.804. The Kier molecular flexibility index (Phi) is 2.47. The second-order valence-corrected chi connectivity index (χ2v) is 3.92. The van der Waals surface area contributed by atoms with Gasteiger partial charge in [0.2, 0.25) is 0 Å². The van der Waals surface area contributed by atoms with Crippen LogP contribution in [0.1, 0.15) is 6.42 Å². The van der Waals surface area contributed by atoms with Crippen molar-refractivity contribution in [3.8, 4) is 0 Å². The van der Waals surface area contributed by atoms with Gasteiger partial charge in [-0.05, 0) is 0 Å². The van der Waals surface area contributed by atoms with Crippen LogP contribution in [0.3, 0.4) is 0 Å². The molecule has 2 bridgehead atoms. The van der Waals surface area contributed by atoms with Gasteiger partial charge in [0.05, 0.1) is 25.2 Å². The third kappa shape index (κ3) is 1.32. The van der Waals surface area contributed by atoms with E-state index in [0.29, 0.717) is 6.61 Å². The summed E-state index contributed by atoms with van der Waals surface area (Å²) in [7, 11) is 1.53. The smallest absolute Gasteiger partial charge is 0.306 e. The second kappa shape index (κ2) is 3.49. The zero-order valence-electron chi connectivity index (χ0n) is 7.92. The van der Waals surface area contributed by atoms with Crippen molar-refractivity contribution in [1.82, 2.24) is 0 Å². The van der Waals surface area contributed by atoms with Crippen molar-refractivity contribution in [2.24, 2.45) is 11.8 Å². The monoisotopic (exact) mass is 202 g/mol. The maximum absolute atomic E-state index is 11.1. The second-order valence-electron chi connectivity index (χ2n) is 3.92. The summed E-state index contributed by atoms with van der Waals surface area (Å²) >= 11 is 0. The summed E-state index contributed by atoms with van der Waals surface area (Å²) in [6.45, 7) is 0.343. The Morgan fingerprint density at radius 1 is 1.50 bits per heavy atom. The Morgan fingerprint density at radius 2 is 2.21 bits per heavy atom. The molecule has 2 fully saturated rings. The molecule has 0 aromatic rings. The molecule has 5 atom stereocenters. The number of aliphatic hydroxyl groups excluding tert-OH is 2. The van der Waals surface area contributed by atoms with Gasteiger partial charge in [0.15, 0.2) is 6.10 Å². The number of hydrogen-bond acceptors (Lipinski definition) is 5. The molecule has 1 unspecified atom stereocenters. The van der Waals surface area contributed by atoms with E-state index in [-0.39, 0.29) is 24.2 Å². The van der Waals surface area contributed by atoms with Gasteiger partial charge in [0, 0.05) is 18.9 Å². The SMILES string of the molecule is COC[C@H]1[C@H]2CC(=O)OC([C@H]2O)[C@H]1O. The van der Waals surface area contributed by atoms with Crippen LogP contribution < -0.4 is 0 Å². The first-order valence-corrected chi connectivity index (χ1v) is 4.69. The van der Waals surface area contributed by atoms with Crippen LogP contribution in [0.25, 0.3) is 0 Å². The van der Waals surface area contributed by atoms with Crippen molar-refractivity contribution < 1.29 is 24.5 Å². The lowest BCUT2D eigenvalue weighted by Gasteiger charge is -2.25. The van der Waals surface area contributed by atoms with Gasteiger partial charge in [-0.2, -0.15) is 0 Å². The summed E-state index contributed by atoms with van der Waals surface area (Å²) in [5.41, 5.74) is 0. The quantitative estimate of drug-likeness (QED) is 0.557. The molecule has 0 amide bonds. The molecular weight excluding hydrogens is 188 g/mol. The fourth-order valence-corrected chi connectivity index (χ4v) is 2.41. The highest BCUT2D eigenvalue weighted by molar-refractivity contribution is 5.71. The van der Waals surface area contributed by atoms with Gasteiger partial charge in [-0.1, -0.05) is 0 Å². The van der Waals surface area contributed by atoms with Gasteiger partial charge in [0.1, 0.15) is 0 Å². The fourth-order valence-electron chi connectivity index (χ4n) is 2.41. The minimum absolute atomic E-state index is 0.169. The van der Waals surface area contributed by atoms with Crippen LogP contribution in [0, 0.1) is 11.8 Å². The van der Waals surface area contributed by atoms with Gasteiger partial charge < -0.3 is 19.7 Å². The van der Waals surface area contributed by atoms with E-state index in [9.17, 15) is 15.0 Å². The maximum Gasteiger partial charge on any atom is 0.306 e. The fraction of sp³-hybridized carbons (Fsp3) is 0.889. The van der Waals surface area contributed by atoms with Crippen LogP contribution in [0.15, 0.2) is 0 Å². The molecule has 0 spiro atoms. The number of fused-ring (bicyclic) bond motifs is 2. The summed E-state index contributed by atoms with van der Waals surface area (Å²) in [6.07, 6.45) is -2.14. The molecule has 1 aliphatic carbocycles. The lowest BCUT2D eigenvalue weighted by molar-refractivity contribution is -0.168. The van der Waals surface area contributed by atoms with Gasteiger partial charge >= 0.3 is 5.97 Å². The number of carbonyl (C=O) groups is 1. The van der Waals surface area contributed by atoms with E-state index in [0.717, 1.165) is 0 Å². The predicted octanol–water partition coefficient (Wildman–Crippen LogP) is -1.08. The molecule has 1 saturated heterocycles. The number of methoxy groups -OCH3 is 1. The summed E-state index contributed by atoms with van der Waals surface area (Å²) in [6, 6.07) is 0. The maximum atomic E-state index is 11.1. The zero-order valence-corrected chi connectivity index (χ0v) is 7.92. The van der Waals surface area contributed by atoms with Crippen LogP contribution in [-0.4, -0.2) is 48.2 Å². The van der Waals surface area contributed by atoms with E-state index in [2.05, 4.69) is 0 Å². The average molecular weight is 202 g/mol. The van der Waals surface area contributed by atoms with E-state index in [1.807, 2.05) is 0 Å². The van der Waals surface area contributed by atoms with Crippen LogP contribution >= 0.6 is 0 Å². The van der Waals surface area contributed by atoms with Crippen LogP contribution in [0.4, 0.5) is 0 Å². The van der Waals surface area contributed by atoms with Gasteiger partial charge in [-0.25, -0.2) is 0 Å². The number of rotatable bonds is 2. The molecule has 5 heteroatoms. The predicted molar refractivity (Wildman–Crippen MR) is 45.4 cm³/mol. The first kappa shape index (κ1) is 9.89. The molecule has 80 valence electrons. The Bertz CT molecular complexity index is 241. The number of aliphatic hydroxyl groups is 2. The molecule has 2 aliphatic rings. The molecular formula is C9H14O5. The van der Waals surface area contributed by atoms with Crippen molar-refractivity contribution in [1.29, 1.82) is 0 Å². The lowest BCUT2D eigenvalue weighted by atomic mass is 9.91.